The van der Waals surface area contributed by atoms with Crippen LogP contribution in [0.1, 0.15) is 37.4 Å². The fourth-order valence-electron chi connectivity index (χ4n) is 2.64. The molecule has 0 aliphatic carbocycles. The summed E-state index contributed by atoms with van der Waals surface area (Å²) >= 11 is 0. The zero-order chi connectivity index (χ0) is 12.4. The van der Waals surface area contributed by atoms with Crippen molar-refractivity contribution in [3.8, 4) is 11.5 Å². The highest BCUT2D eigenvalue weighted by Crippen LogP contribution is 2.37. The van der Waals surface area contributed by atoms with E-state index >= 15 is 0 Å². The Morgan fingerprint density at radius 2 is 2.24 bits per heavy atom. The number of nitrogens with zero attached hydrogens (tertiary/aromatic N) is 1. The fraction of sp³-hybridized carbons (Fsp3) is 0.571. The molecule has 1 aromatic carbocycles. The first-order valence-electron chi connectivity index (χ1n) is 6.31. The molecule has 1 N–H and O–H groups in total. The zero-order valence-electron chi connectivity index (χ0n) is 10.9. The minimum atomic E-state index is 0.247. The number of hydrogen-bond donors (Lipinski definition) is 1. The maximum atomic E-state index is 9.86. The standard InChI is InChI=1S/C14H21NO2/c1-4-6-15-7-5-11-8-14(17-3)13(16)9-12(11)10(15)2/h8-10,16H,4-7H2,1-3H3. The summed E-state index contributed by atoms with van der Waals surface area (Å²) in [6.07, 6.45) is 2.21. The summed E-state index contributed by atoms with van der Waals surface area (Å²) in [4.78, 5) is 2.47. The third-order valence-corrected chi connectivity index (χ3v) is 3.62. The Bertz CT molecular complexity index is 403. The molecule has 0 aromatic heterocycles. The molecule has 0 saturated carbocycles. The van der Waals surface area contributed by atoms with Gasteiger partial charge in [0, 0.05) is 12.6 Å². The highest BCUT2D eigenvalue weighted by molar-refractivity contribution is 5.48. The van der Waals surface area contributed by atoms with Gasteiger partial charge in [-0.15, -0.1) is 0 Å². The van der Waals surface area contributed by atoms with Crippen molar-refractivity contribution in [2.75, 3.05) is 20.2 Å². The van der Waals surface area contributed by atoms with Crippen LogP contribution in [0.15, 0.2) is 12.1 Å². The quantitative estimate of drug-likeness (QED) is 0.874. The molecular formula is C14H21NO2. The monoisotopic (exact) mass is 235 g/mol. The van der Waals surface area contributed by atoms with Crippen molar-refractivity contribution in [1.29, 1.82) is 0 Å². The van der Waals surface area contributed by atoms with Crippen molar-refractivity contribution < 1.29 is 9.84 Å². The molecule has 0 fully saturated rings. The Morgan fingerprint density at radius 3 is 2.88 bits per heavy atom. The van der Waals surface area contributed by atoms with E-state index in [4.69, 9.17) is 4.74 Å². The lowest BCUT2D eigenvalue weighted by Gasteiger charge is -2.35. The van der Waals surface area contributed by atoms with Gasteiger partial charge in [0.25, 0.3) is 0 Å². The number of ether oxygens (including phenoxy) is 1. The molecule has 0 amide bonds. The minimum Gasteiger partial charge on any atom is -0.504 e. The predicted octanol–water partition coefficient (Wildman–Crippen LogP) is 2.73. The summed E-state index contributed by atoms with van der Waals surface area (Å²) in [7, 11) is 1.59. The van der Waals surface area contributed by atoms with Crippen LogP contribution in [0.25, 0.3) is 0 Å². The van der Waals surface area contributed by atoms with Crippen LogP contribution in [0.5, 0.6) is 11.5 Å². The van der Waals surface area contributed by atoms with Crippen LogP contribution in [0.4, 0.5) is 0 Å². The van der Waals surface area contributed by atoms with Gasteiger partial charge >= 0.3 is 0 Å². The normalized spacial score (nSPS) is 20.1. The maximum absolute atomic E-state index is 9.86. The van der Waals surface area contributed by atoms with Gasteiger partial charge in [-0.3, -0.25) is 4.90 Å². The third kappa shape index (κ3) is 2.25. The number of hydrogen-bond acceptors (Lipinski definition) is 3. The van der Waals surface area contributed by atoms with E-state index in [0.29, 0.717) is 11.8 Å². The smallest absolute Gasteiger partial charge is 0.160 e. The molecule has 1 heterocycles. The fourth-order valence-corrected chi connectivity index (χ4v) is 2.64. The topological polar surface area (TPSA) is 32.7 Å². The molecule has 17 heavy (non-hydrogen) atoms. The lowest BCUT2D eigenvalue weighted by Crippen LogP contribution is -2.34. The number of methoxy groups -OCH3 is 1. The molecule has 1 aliphatic rings. The third-order valence-electron chi connectivity index (χ3n) is 3.62. The SMILES string of the molecule is CCCN1CCc2cc(OC)c(O)cc2C1C. The molecule has 2 rings (SSSR count). The molecule has 0 bridgehead atoms. The first-order valence-corrected chi connectivity index (χ1v) is 6.31. The van der Waals surface area contributed by atoms with Crippen molar-refractivity contribution in [3.05, 3.63) is 23.3 Å². The van der Waals surface area contributed by atoms with Crippen LogP contribution in [0.3, 0.4) is 0 Å². The van der Waals surface area contributed by atoms with Gasteiger partial charge in [0.05, 0.1) is 7.11 Å². The molecule has 1 aromatic rings. The second-order valence-electron chi connectivity index (χ2n) is 4.68. The second kappa shape index (κ2) is 4.96. The molecular weight excluding hydrogens is 214 g/mol. The number of aromatic hydroxyl groups is 1. The lowest BCUT2D eigenvalue weighted by molar-refractivity contribution is 0.198. The summed E-state index contributed by atoms with van der Waals surface area (Å²) in [5.74, 6) is 0.830. The van der Waals surface area contributed by atoms with E-state index in [9.17, 15) is 5.11 Å². The van der Waals surface area contributed by atoms with E-state index in [2.05, 4.69) is 18.7 Å². The second-order valence-corrected chi connectivity index (χ2v) is 4.68. The van der Waals surface area contributed by atoms with Gasteiger partial charge in [0.15, 0.2) is 11.5 Å². The van der Waals surface area contributed by atoms with Crippen LogP contribution in [-0.2, 0) is 6.42 Å². The summed E-state index contributed by atoms with van der Waals surface area (Å²) < 4.78 is 5.16. The largest absolute Gasteiger partial charge is 0.504 e. The minimum absolute atomic E-state index is 0.247. The van der Waals surface area contributed by atoms with E-state index in [1.54, 1.807) is 7.11 Å². The summed E-state index contributed by atoms with van der Waals surface area (Å²) in [5.41, 5.74) is 2.54. The van der Waals surface area contributed by atoms with Gasteiger partial charge in [0.1, 0.15) is 0 Å². The summed E-state index contributed by atoms with van der Waals surface area (Å²) in [6.45, 7) is 6.62. The molecule has 1 aliphatic heterocycles. The van der Waals surface area contributed by atoms with Crippen molar-refractivity contribution in [1.82, 2.24) is 4.90 Å². The van der Waals surface area contributed by atoms with E-state index in [1.807, 2.05) is 12.1 Å². The van der Waals surface area contributed by atoms with E-state index < -0.39 is 0 Å². The van der Waals surface area contributed by atoms with Crippen LogP contribution >= 0.6 is 0 Å². The van der Waals surface area contributed by atoms with E-state index in [0.717, 1.165) is 19.5 Å². The van der Waals surface area contributed by atoms with Gasteiger partial charge < -0.3 is 9.84 Å². The van der Waals surface area contributed by atoms with Gasteiger partial charge in [-0.1, -0.05) is 6.92 Å². The van der Waals surface area contributed by atoms with Crippen molar-refractivity contribution in [2.24, 2.45) is 0 Å². The number of phenols is 1. The number of benzene rings is 1. The van der Waals surface area contributed by atoms with Crippen LogP contribution in [0.2, 0.25) is 0 Å². The molecule has 0 radical (unpaired) electrons. The average Bonchev–Trinajstić information content (AvgIpc) is 2.33. The van der Waals surface area contributed by atoms with Gasteiger partial charge in [-0.2, -0.15) is 0 Å². The molecule has 0 saturated heterocycles. The Labute approximate surface area is 103 Å². The highest BCUT2D eigenvalue weighted by Gasteiger charge is 2.24. The molecule has 0 spiro atoms. The molecule has 3 nitrogen and oxygen atoms in total. The van der Waals surface area contributed by atoms with E-state index in [1.165, 1.54) is 17.5 Å². The van der Waals surface area contributed by atoms with Gasteiger partial charge in [0.2, 0.25) is 0 Å². The average molecular weight is 235 g/mol. The summed E-state index contributed by atoms with van der Waals surface area (Å²) in [6, 6.07) is 4.22. The first kappa shape index (κ1) is 12.2. The molecule has 3 heteroatoms. The highest BCUT2D eigenvalue weighted by atomic mass is 16.5. The first-order chi connectivity index (χ1) is 8.17. The van der Waals surface area contributed by atoms with E-state index in [-0.39, 0.29) is 5.75 Å². The Morgan fingerprint density at radius 1 is 1.47 bits per heavy atom. The number of phenolic OH excluding ortho intramolecular Hbond substituents is 1. The predicted molar refractivity (Wildman–Crippen MR) is 68.6 cm³/mol. The Hall–Kier alpha value is -1.22. The number of fused-ring (bicyclic) bond motifs is 1. The van der Waals surface area contributed by atoms with Gasteiger partial charge in [-0.05, 0) is 49.6 Å². The van der Waals surface area contributed by atoms with Gasteiger partial charge in [-0.25, -0.2) is 0 Å². The Kier molecular flexibility index (Phi) is 3.57. The molecule has 1 atom stereocenters. The molecule has 94 valence electrons. The lowest BCUT2D eigenvalue weighted by atomic mass is 9.93. The summed E-state index contributed by atoms with van der Waals surface area (Å²) in [5, 5.41) is 9.86. The van der Waals surface area contributed by atoms with Crippen LogP contribution < -0.4 is 4.74 Å². The maximum Gasteiger partial charge on any atom is 0.160 e. The van der Waals surface area contributed by atoms with Crippen molar-refractivity contribution in [2.45, 2.75) is 32.7 Å². The van der Waals surface area contributed by atoms with Crippen molar-refractivity contribution in [3.63, 3.8) is 0 Å². The Balaban J connectivity index is 2.33. The number of rotatable bonds is 3. The van der Waals surface area contributed by atoms with Crippen LogP contribution in [0, 0.1) is 0 Å². The zero-order valence-corrected chi connectivity index (χ0v) is 10.9. The van der Waals surface area contributed by atoms with Crippen LogP contribution in [-0.4, -0.2) is 30.2 Å². The van der Waals surface area contributed by atoms with Crippen molar-refractivity contribution >= 4 is 0 Å². The molecule has 1 unspecified atom stereocenters.